The number of thiazole rings is 1. The Labute approximate surface area is 285 Å². The van der Waals surface area contributed by atoms with Crippen molar-refractivity contribution < 1.29 is 47.2 Å². The van der Waals surface area contributed by atoms with Gasteiger partial charge in [0, 0.05) is 44.4 Å². The fraction of sp³-hybridized carbons (Fsp3) is 0.545. The first kappa shape index (κ1) is 36.3. The Hall–Kier alpha value is -4.02. The average Bonchev–Trinajstić information content (AvgIpc) is 3.47. The summed E-state index contributed by atoms with van der Waals surface area (Å²) in [5.41, 5.74) is 0.834. The summed E-state index contributed by atoms with van der Waals surface area (Å²) in [6, 6.07) is 8.06. The molecule has 0 radical (unpaired) electrons. The van der Waals surface area contributed by atoms with Gasteiger partial charge in [-0.1, -0.05) is 30.7 Å². The number of unbranched alkanes of at least 4 members (excludes halogenated alkanes) is 1. The fourth-order valence-electron chi connectivity index (χ4n) is 6.10. The molecule has 0 aliphatic carbocycles. The lowest BCUT2D eigenvalue weighted by Gasteiger charge is -2.47. The van der Waals surface area contributed by atoms with E-state index in [1.807, 2.05) is 6.92 Å². The zero-order valence-electron chi connectivity index (χ0n) is 27.2. The van der Waals surface area contributed by atoms with E-state index in [2.05, 4.69) is 9.88 Å². The number of fused-ring (bicyclic) bond motifs is 1. The van der Waals surface area contributed by atoms with Crippen molar-refractivity contribution in [3.63, 3.8) is 0 Å². The predicted molar refractivity (Wildman–Crippen MR) is 175 cm³/mol. The van der Waals surface area contributed by atoms with Crippen LogP contribution in [0.1, 0.15) is 43.7 Å². The molecule has 2 aromatic carbocycles. The normalized spacial score (nSPS) is 16.6. The summed E-state index contributed by atoms with van der Waals surface area (Å²) in [7, 11) is 0. The highest BCUT2D eigenvalue weighted by atomic mass is 32.1. The van der Waals surface area contributed by atoms with E-state index in [9.17, 15) is 37.8 Å². The zero-order valence-corrected chi connectivity index (χ0v) is 28.0. The van der Waals surface area contributed by atoms with E-state index in [1.54, 1.807) is 18.2 Å². The van der Waals surface area contributed by atoms with Crippen molar-refractivity contribution in [1.82, 2.24) is 19.7 Å². The van der Waals surface area contributed by atoms with Crippen LogP contribution in [0.5, 0.6) is 17.2 Å². The number of amides is 2. The number of halogens is 3. The van der Waals surface area contributed by atoms with Gasteiger partial charge in [0.1, 0.15) is 29.4 Å². The third kappa shape index (κ3) is 9.16. The molecule has 2 fully saturated rings. The van der Waals surface area contributed by atoms with E-state index >= 15 is 0 Å². The molecule has 3 N–H and O–H groups in total. The maximum absolute atomic E-state index is 13.0. The molecule has 0 bridgehead atoms. The number of aromatic nitrogens is 1. The quantitative estimate of drug-likeness (QED) is 0.230. The molecule has 3 aromatic rings. The molecular formula is C33H41F3N4O8S. The Morgan fingerprint density at radius 3 is 2.55 bits per heavy atom. The minimum Gasteiger partial charge on any atom is -0.507 e. The second-order valence-corrected chi connectivity index (χ2v) is 13.3. The minimum absolute atomic E-state index is 0.0309. The molecule has 2 aliphatic rings. The molecule has 0 unspecified atom stereocenters. The predicted octanol–water partition coefficient (Wildman–Crippen LogP) is 4.62. The van der Waals surface area contributed by atoms with Crippen molar-refractivity contribution in [3.8, 4) is 17.2 Å². The van der Waals surface area contributed by atoms with Crippen molar-refractivity contribution in [2.45, 2.75) is 57.3 Å². The van der Waals surface area contributed by atoms with Gasteiger partial charge in [0.05, 0.1) is 36.6 Å². The van der Waals surface area contributed by atoms with E-state index in [4.69, 9.17) is 14.2 Å². The van der Waals surface area contributed by atoms with Crippen LogP contribution in [0.15, 0.2) is 35.1 Å². The first-order valence-electron chi connectivity index (χ1n) is 16.3. The zero-order chi connectivity index (χ0) is 35.2. The van der Waals surface area contributed by atoms with Crippen LogP contribution in [-0.2, 0) is 27.2 Å². The van der Waals surface area contributed by atoms with E-state index in [1.165, 1.54) is 17.0 Å². The lowest BCUT2D eigenvalue weighted by Crippen LogP contribution is -2.59. The van der Waals surface area contributed by atoms with Gasteiger partial charge in [0.2, 0.25) is 0 Å². The Balaban J connectivity index is 1.14. The Morgan fingerprint density at radius 1 is 1.08 bits per heavy atom. The number of aromatic hydroxyl groups is 2. The van der Waals surface area contributed by atoms with Crippen LogP contribution >= 0.6 is 11.3 Å². The molecule has 0 atom stereocenters. The maximum Gasteiger partial charge on any atom is 0.471 e. The number of phenolic OH excluding ortho intramolecular Hbond substituents is 2. The van der Waals surface area contributed by atoms with Crippen molar-refractivity contribution in [3.05, 3.63) is 51.1 Å². The number of hydrogen-bond donors (Lipinski definition) is 3. The van der Waals surface area contributed by atoms with Crippen LogP contribution in [0.2, 0.25) is 0 Å². The molecule has 1 aromatic heterocycles. The van der Waals surface area contributed by atoms with Crippen LogP contribution < -0.4 is 9.61 Å². The molecule has 12 nitrogen and oxygen atoms in total. The molecule has 16 heteroatoms. The number of phenols is 2. The Morgan fingerprint density at radius 2 is 1.84 bits per heavy atom. The van der Waals surface area contributed by atoms with Crippen LogP contribution in [0.4, 0.5) is 18.0 Å². The van der Waals surface area contributed by atoms with Crippen LogP contribution in [-0.4, -0.2) is 113 Å². The number of piperidine rings is 1. The lowest BCUT2D eigenvalue weighted by molar-refractivity contribution is -0.200. The minimum atomic E-state index is -4.90. The summed E-state index contributed by atoms with van der Waals surface area (Å²) in [6.07, 6.45) is -2.52. The second kappa shape index (κ2) is 15.7. The molecule has 3 heterocycles. The molecule has 268 valence electrons. The van der Waals surface area contributed by atoms with Gasteiger partial charge in [-0.15, -0.1) is 0 Å². The molecule has 2 amide bonds. The fourth-order valence-corrected chi connectivity index (χ4v) is 7.00. The van der Waals surface area contributed by atoms with E-state index in [-0.39, 0.29) is 55.8 Å². The number of carbonyl (C=O) groups excluding carboxylic acids is 2. The van der Waals surface area contributed by atoms with Crippen LogP contribution in [0, 0.1) is 0 Å². The number of nitrogens with zero attached hydrogens (tertiary/aromatic N) is 3. The molecule has 2 saturated heterocycles. The number of aromatic amines is 1. The standard InChI is InChI=1S/C33H41F3N4O8S/c1-2-3-16-47-31(45)39(11-8-22-5-7-25(41)27-28(22)49-30(44)37-27)20-23-4-6-24(19-26(23)42)46-17-14-38-12-9-32(10-13-38)21-40(15-18-48-32)29(43)33(34,35)36/h4-7,19,41-42H,2-3,8-18,20-21H2,1H3,(H,37,44). The van der Waals surface area contributed by atoms with E-state index < -0.39 is 23.8 Å². The number of rotatable bonds is 12. The topological polar surface area (TPSA) is 145 Å². The SMILES string of the molecule is CCCCOC(=O)N(CCc1ccc(O)c2[nH]c(=O)sc12)Cc1ccc(OCCN2CCC3(CC2)CN(C(=O)C(F)(F)F)CCO3)cc1O. The third-order valence-corrected chi connectivity index (χ3v) is 9.87. The molecule has 1 spiro atoms. The van der Waals surface area contributed by atoms with E-state index in [0.717, 1.165) is 28.2 Å². The van der Waals surface area contributed by atoms with Gasteiger partial charge in [-0.2, -0.15) is 13.2 Å². The summed E-state index contributed by atoms with van der Waals surface area (Å²) in [5.74, 6) is -1.49. The maximum atomic E-state index is 13.0. The summed E-state index contributed by atoms with van der Waals surface area (Å²) >= 11 is 0.985. The number of likely N-dealkylation sites (tertiary alicyclic amines) is 1. The van der Waals surface area contributed by atoms with Crippen LogP contribution in [0.25, 0.3) is 10.2 Å². The number of hydrogen-bond acceptors (Lipinski definition) is 10. The number of ether oxygens (including phenoxy) is 3. The number of nitrogens with one attached hydrogen (secondary N) is 1. The monoisotopic (exact) mass is 710 g/mol. The Bertz CT molecular complexity index is 1670. The van der Waals surface area contributed by atoms with Gasteiger partial charge in [-0.25, -0.2) is 4.79 Å². The highest BCUT2D eigenvalue weighted by Gasteiger charge is 2.48. The van der Waals surface area contributed by atoms with Crippen molar-refractivity contribution in [2.75, 3.05) is 59.1 Å². The molecule has 2 aliphatic heterocycles. The van der Waals surface area contributed by atoms with Gasteiger partial charge in [-0.3, -0.25) is 14.5 Å². The number of H-pyrrole nitrogens is 1. The second-order valence-electron chi connectivity index (χ2n) is 12.3. The number of carbonyl (C=O) groups is 2. The summed E-state index contributed by atoms with van der Waals surface area (Å²) in [4.78, 5) is 43.5. The smallest absolute Gasteiger partial charge is 0.471 e. The first-order chi connectivity index (χ1) is 23.4. The molecule has 0 saturated carbocycles. The van der Waals surface area contributed by atoms with E-state index in [0.29, 0.717) is 73.5 Å². The van der Waals surface area contributed by atoms with Gasteiger partial charge in [0.15, 0.2) is 0 Å². The Kier molecular flexibility index (Phi) is 11.6. The number of benzene rings is 2. The molecule has 49 heavy (non-hydrogen) atoms. The van der Waals surface area contributed by atoms with Crippen molar-refractivity contribution in [1.29, 1.82) is 0 Å². The van der Waals surface area contributed by atoms with Crippen LogP contribution in [0.3, 0.4) is 0 Å². The highest BCUT2D eigenvalue weighted by Crippen LogP contribution is 2.33. The molecular weight excluding hydrogens is 669 g/mol. The summed E-state index contributed by atoms with van der Waals surface area (Å²) in [6.45, 7) is 4.44. The third-order valence-electron chi connectivity index (χ3n) is 8.91. The van der Waals surface area contributed by atoms with Crippen molar-refractivity contribution >= 4 is 33.6 Å². The number of alkyl halides is 3. The summed E-state index contributed by atoms with van der Waals surface area (Å²) in [5, 5.41) is 21.0. The van der Waals surface area contributed by atoms with Gasteiger partial charge >= 0.3 is 23.0 Å². The highest BCUT2D eigenvalue weighted by molar-refractivity contribution is 7.16. The number of morpholine rings is 1. The average molecular weight is 711 g/mol. The van der Waals surface area contributed by atoms with Gasteiger partial charge in [-0.05, 0) is 49.4 Å². The summed E-state index contributed by atoms with van der Waals surface area (Å²) < 4.78 is 56.7. The lowest BCUT2D eigenvalue weighted by atomic mass is 9.89. The van der Waals surface area contributed by atoms with Gasteiger partial charge < -0.3 is 39.2 Å². The molecule has 5 rings (SSSR count). The van der Waals surface area contributed by atoms with Gasteiger partial charge in [0.25, 0.3) is 0 Å². The largest absolute Gasteiger partial charge is 0.507 e. The first-order valence-corrected chi connectivity index (χ1v) is 17.1. The van der Waals surface area contributed by atoms with Crippen molar-refractivity contribution in [2.24, 2.45) is 0 Å².